The van der Waals surface area contributed by atoms with Crippen LogP contribution in [0.2, 0.25) is 0 Å². The van der Waals surface area contributed by atoms with Gasteiger partial charge in [0.05, 0.1) is 31.5 Å². The Kier molecular flexibility index (Phi) is 13.0. The second kappa shape index (κ2) is 16.9. The number of carbonyl (C=O) groups is 1. The molecule has 64 heavy (non-hydrogen) atoms. The highest BCUT2D eigenvalue weighted by Gasteiger charge is 2.72. The van der Waals surface area contributed by atoms with Crippen LogP contribution in [0.5, 0.6) is 0 Å². The van der Waals surface area contributed by atoms with Crippen molar-refractivity contribution in [1.29, 1.82) is 0 Å². The number of ether oxygens (including phenoxy) is 6. The summed E-state index contributed by atoms with van der Waals surface area (Å²) in [6, 6.07) is 0. The van der Waals surface area contributed by atoms with E-state index in [0.29, 0.717) is 32.1 Å². The van der Waals surface area contributed by atoms with Gasteiger partial charge >= 0.3 is 5.97 Å². The van der Waals surface area contributed by atoms with E-state index in [2.05, 4.69) is 54.5 Å². The predicted molar refractivity (Wildman–Crippen MR) is 224 cm³/mol. The number of aliphatic hydroxyl groups is 10. The Morgan fingerprint density at radius 3 is 2.05 bits per heavy atom. The highest BCUT2D eigenvalue weighted by Crippen LogP contribution is 2.76. The van der Waals surface area contributed by atoms with Crippen molar-refractivity contribution in [3.05, 3.63) is 11.6 Å². The molecule has 3 heterocycles. The van der Waals surface area contributed by atoms with Crippen molar-refractivity contribution in [1.82, 2.24) is 0 Å². The minimum atomic E-state index is -1.73. The summed E-state index contributed by atoms with van der Waals surface area (Å²) in [4.78, 5) is 15.1. The van der Waals surface area contributed by atoms with Gasteiger partial charge in [0.25, 0.3) is 0 Å². The Labute approximate surface area is 376 Å². The fraction of sp³-hybridized carbons (Fsp3) is 0.936. The van der Waals surface area contributed by atoms with Crippen LogP contribution in [0.15, 0.2) is 11.6 Å². The SMILES string of the molecule is C[C@@H]1O[C@@H](O[C@H]2[C@H](OC(=O)[C@]34CCC(C)(C)C[C@H]3C3=CC[C@@H]5[C@@]6(C)CC[C@H](O[C@@H]7O[C@H](CO)[C@@H](O)[C@H](O)[C@H]7O)C(C)(C)[C@@H]6CC[C@@]5(C)[C@]3(C)C[C@H]4O)OC[C@H](O)[C@@H]2O)[C@H](O)[C@H](O)[C@H]1O. The zero-order valence-electron chi connectivity index (χ0n) is 38.7. The fourth-order valence-electron chi connectivity index (χ4n) is 14.8. The monoisotopic (exact) mass is 913 g/mol. The molecular formula is C47H76O17. The molecule has 10 N–H and O–H groups in total. The van der Waals surface area contributed by atoms with Crippen LogP contribution in [0, 0.1) is 50.2 Å². The smallest absolute Gasteiger partial charge is 0.317 e. The largest absolute Gasteiger partial charge is 0.432 e. The van der Waals surface area contributed by atoms with E-state index in [1.807, 2.05) is 0 Å². The molecule has 7 fully saturated rings. The number of esters is 1. The van der Waals surface area contributed by atoms with Crippen molar-refractivity contribution in [2.75, 3.05) is 13.2 Å². The number of fused-ring (bicyclic) bond motifs is 7. The Morgan fingerprint density at radius 1 is 0.719 bits per heavy atom. The highest BCUT2D eigenvalue weighted by molar-refractivity contribution is 5.80. The molecule has 366 valence electrons. The van der Waals surface area contributed by atoms with Gasteiger partial charge in [-0.1, -0.05) is 60.1 Å². The van der Waals surface area contributed by atoms with Crippen molar-refractivity contribution < 1.29 is 84.3 Å². The van der Waals surface area contributed by atoms with Gasteiger partial charge in [0, 0.05) is 0 Å². The van der Waals surface area contributed by atoms with E-state index in [4.69, 9.17) is 28.4 Å². The predicted octanol–water partition coefficient (Wildman–Crippen LogP) is 0.778. The number of hydrogen-bond acceptors (Lipinski definition) is 17. The van der Waals surface area contributed by atoms with Gasteiger partial charge in [-0.25, -0.2) is 0 Å². The molecule has 0 unspecified atom stereocenters. The molecule has 0 spiro atoms. The molecule has 0 aromatic heterocycles. The molecule has 0 aromatic carbocycles. The van der Waals surface area contributed by atoms with Crippen LogP contribution in [0.4, 0.5) is 0 Å². The van der Waals surface area contributed by atoms with E-state index in [9.17, 15) is 51.1 Å². The standard InChI is InChI=1S/C47H76O17/c1-21-30(51)33(54)35(56)38(60-21)63-37-31(52)24(49)20-59-40(37)64-41(58)47-16-15-42(2,3)17-23(47)22-9-10-27-44(6)13-12-29(62-39-36(57)34(55)32(53)25(19-48)61-39)43(4,5)26(44)11-14-45(27,7)46(22,8)18-28(47)50/h9,21,23-40,48-57H,10-20H2,1-8H3/t21-,23-,24-,25+,26-,27+,28+,29-,30-,31-,32+,33+,34-,35+,36+,37+,38-,39-,40-,44-,45+,46+,47+/m0/s1. The molecule has 0 bridgehead atoms. The van der Waals surface area contributed by atoms with Gasteiger partial charge in [-0.3, -0.25) is 4.79 Å². The van der Waals surface area contributed by atoms with Crippen LogP contribution >= 0.6 is 0 Å². The lowest BCUT2D eigenvalue weighted by atomic mass is 9.33. The molecule has 23 atom stereocenters. The molecule has 3 saturated heterocycles. The van der Waals surface area contributed by atoms with E-state index in [1.165, 1.54) is 6.92 Å². The van der Waals surface area contributed by atoms with Crippen molar-refractivity contribution in [2.45, 2.75) is 211 Å². The molecule has 4 saturated carbocycles. The van der Waals surface area contributed by atoms with Gasteiger partial charge in [-0.15, -0.1) is 0 Å². The molecule has 17 heteroatoms. The van der Waals surface area contributed by atoms with Crippen LogP contribution in [0.25, 0.3) is 0 Å². The second-order valence-corrected chi connectivity index (χ2v) is 23.1. The molecule has 17 nitrogen and oxygen atoms in total. The van der Waals surface area contributed by atoms with Crippen molar-refractivity contribution in [3.8, 4) is 0 Å². The summed E-state index contributed by atoms with van der Waals surface area (Å²) in [6.45, 7) is 16.3. The molecule has 0 radical (unpaired) electrons. The summed E-state index contributed by atoms with van der Waals surface area (Å²) >= 11 is 0. The van der Waals surface area contributed by atoms with Crippen LogP contribution < -0.4 is 0 Å². The third kappa shape index (κ3) is 7.40. The maximum atomic E-state index is 15.1. The molecule has 0 amide bonds. The summed E-state index contributed by atoms with van der Waals surface area (Å²) in [5, 5.41) is 108. The summed E-state index contributed by atoms with van der Waals surface area (Å²) < 4.78 is 35.9. The Hall–Kier alpha value is -1.39. The Morgan fingerprint density at radius 2 is 1.38 bits per heavy atom. The van der Waals surface area contributed by atoms with Crippen LogP contribution in [-0.2, 0) is 33.2 Å². The zero-order chi connectivity index (χ0) is 46.9. The van der Waals surface area contributed by atoms with E-state index >= 15 is 4.79 Å². The fourth-order valence-corrected chi connectivity index (χ4v) is 14.8. The van der Waals surface area contributed by atoms with Crippen molar-refractivity contribution in [3.63, 3.8) is 0 Å². The second-order valence-electron chi connectivity index (χ2n) is 23.1. The number of rotatable bonds is 7. The van der Waals surface area contributed by atoms with Crippen molar-refractivity contribution >= 4 is 5.97 Å². The number of allylic oxidation sites excluding steroid dienone is 2. The lowest BCUT2D eigenvalue weighted by Crippen LogP contribution is -2.68. The lowest BCUT2D eigenvalue weighted by molar-refractivity contribution is -0.350. The normalized spacial score (nSPS) is 54.6. The van der Waals surface area contributed by atoms with Crippen LogP contribution in [-0.4, -0.2) is 168 Å². The third-order valence-electron chi connectivity index (χ3n) is 18.9. The van der Waals surface area contributed by atoms with Gasteiger partial charge < -0.3 is 79.5 Å². The van der Waals surface area contributed by atoms with Gasteiger partial charge in [-0.2, -0.15) is 0 Å². The first-order chi connectivity index (χ1) is 29.8. The highest BCUT2D eigenvalue weighted by atomic mass is 16.8. The molecule has 5 aliphatic carbocycles. The topological polar surface area (TPSA) is 275 Å². The van der Waals surface area contributed by atoms with Gasteiger partial charge in [0.1, 0.15) is 60.4 Å². The minimum absolute atomic E-state index is 0.165. The molecule has 8 aliphatic rings. The number of carbonyl (C=O) groups excluding carboxylic acids is 1. The van der Waals surface area contributed by atoms with Crippen LogP contribution in [0.1, 0.15) is 113 Å². The average molecular weight is 913 g/mol. The summed E-state index contributed by atoms with van der Waals surface area (Å²) in [5.41, 5.74) is -1.77. The van der Waals surface area contributed by atoms with Crippen molar-refractivity contribution in [2.24, 2.45) is 50.2 Å². The minimum Gasteiger partial charge on any atom is -0.432 e. The maximum absolute atomic E-state index is 15.1. The average Bonchev–Trinajstić information content (AvgIpc) is 3.22. The molecule has 0 aromatic rings. The Balaban J connectivity index is 1.07. The first-order valence-corrected chi connectivity index (χ1v) is 23.7. The summed E-state index contributed by atoms with van der Waals surface area (Å²) in [7, 11) is 0. The van der Waals surface area contributed by atoms with E-state index < -0.39 is 133 Å². The molecule has 3 aliphatic heterocycles. The van der Waals surface area contributed by atoms with Crippen LogP contribution in [0.3, 0.4) is 0 Å². The van der Waals surface area contributed by atoms with Gasteiger partial charge in [-0.05, 0) is 110 Å². The number of hydrogen-bond donors (Lipinski definition) is 10. The molecule has 8 rings (SSSR count). The Bertz CT molecular complexity index is 1760. The lowest BCUT2D eigenvalue weighted by Gasteiger charge is -2.71. The quantitative estimate of drug-likeness (QED) is 0.0960. The summed E-state index contributed by atoms with van der Waals surface area (Å²) in [6.07, 6.45) is -13.7. The van der Waals surface area contributed by atoms with Gasteiger partial charge in [0.15, 0.2) is 18.7 Å². The van der Waals surface area contributed by atoms with E-state index in [1.54, 1.807) is 0 Å². The first-order valence-electron chi connectivity index (χ1n) is 23.7. The van der Waals surface area contributed by atoms with Gasteiger partial charge in [0.2, 0.25) is 6.29 Å². The molecular weight excluding hydrogens is 836 g/mol. The number of aliphatic hydroxyl groups excluding tert-OH is 10. The maximum Gasteiger partial charge on any atom is 0.317 e. The third-order valence-corrected chi connectivity index (χ3v) is 18.9. The zero-order valence-corrected chi connectivity index (χ0v) is 38.7. The first kappa shape index (κ1) is 49.0. The van der Waals surface area contributed by atoms with E-state index in [-0.39, 0.29) is 34.2 Å². The summed E-state index contributed by atoms with van der Waals surface area (Å²) in [5.74, 6) is -0.724. The van der Waals surface area contributed by atoms with E-state index in [0.717, 1.165) is 31.3 Å².